The highest BCUT2D eigenvalue weighted by Gasteiger charge is 2.16. The second-order valence-corrected chi connectivity index (χ2v) is 7.57. The number of aromatic nitrogens is 2. The summed E-state index contributed by atoms with van der Waals surface area (Å²) < 4.78 is 0. The van der Waals surface area contributed by atoms with Gasteiger partial charge >= 0.3 is 0 Å². The fourth-order valence-electron chi connectivity index (χ4n) is 4.37. The number of nitrogens with one attached hydrogen (secondary N) is 2. The standard InChI is InChI=1S/C24H23N3/c1-14-9-19(10-15(2)26-14)24-16(3)20-8-7-17(11-23(20)27-24)21-6-4-5-18-12-25-13-22(18)21/h4-11,25,27H,12-13H2,1-3H3. The van der Waals surface area contributed by atoms with Crippen LogP contribution in [0.1, 0.15) is 28.1 Å². The third kappa shape index (κ3) is 2.66. The molecule has 2 N–H and O–H groups in total. The number of pyridine rings is 1. The van der Waals surface area contributed by atoms with Crippen molar-refractivity contribution in [3.8, 4) is 22.4 Å². The lowest BCUT2D eigenvalue weighted by Crippen LogP contribution is -2.00. The number of fused-ring (bicyclic) bond motifs is 2. The zero-order chi connectivity index (χ0) is 18.5. The van der Waals surface area contributed by atoms with Crippen LogP contribution in [-0.2, 0) is 13.1 Å². The topological polar surface area (TPSA) is 40.7 Å². The second kappa shape index (κ2) is 6.07. The molecule has 4 aromatic rings. The van der Waals surface area contributed by atoms with Gasteiger partial charge in [0.2, 0.25) is 0 Å². The van der Waals surface area contributed by atoms with Crippen molar-refractivity contribution < 1.29 is 0 Å². The smallest absolute Gasteiger partial charge is 0.0495 e. The van der Waals surface area contributed by atoms with Gasteiger partial charge in [-0.05, 0) is 66.8 Å². The van der Waals surface area contributed by atoms with Gasteiger partial charge in [0, 0.05) is 46.6 Å². The average molecular weight is 353 g/mol. The van der Waals surface area contributed by atoms with Crippen LogP contribution in [0.3, 0.4) is 0 Å². The van der Waals surface area contributed by atoms with E-state index in [2.05, 4.69) is 84.6 Å². The summed E-state index contributed by atoms with van der Waals surface area (Å²) in [6.07, 6.45) is 0. The summed E-state index contributed by atoms with van der Waals surface area (Å²) in [5, 5.41) is 4.75. The fraction of sp³-hybridized carbons (Fsp3) is 0.208. The molecule has 3 heteroatoms. The Hall–Kier alpha value is -2.91. The summed E-state index contributed by atoms with van der Waals surface area (Å²) in [7, 11) is 0. The summed E-state index contributed by atoms with van der Waals surface area (Å²) in [5.41, 5.74) is 12.4. The van der Waals surface area contributed by atoms with Gasteiger partial charge in [-0.1, -0.05) is 30.3 Å². The molecule has 0 atom stereocenters. The molecule has 0 amide bonds. The molecule has 2 aromatic heterocycles. The van der Waals surface area contributed by atoms with E-state index in [0.717, 1.165) is 24.5 Å². The molecule has 0 radical (unpaired) electrons. The van der Waals surface area contributed by atoms with Crippen LogP contribution in [0.5, 0.6) is 0 Å². The Kier molecular flexibility index (Phi) is 3.66. The SMILES string of the molecule is Cc1cc(-c2[nH]c3cc(-c4cccc5c4CNC5)ccc3c2C)cc(C)n1. The first-order valence-corrected chi connectivity index (χ1v) is 9.50. The van der Waals surface area contributed by atoms with Crippen LogP contribution < -0.4 is 5.32 Å². The number of nitrogens with zero attached hydrogens (tertiary/aromatic N) is 1. The van der Waals surface area contributed by atoms with Gasteiger partial charge in [-0.2, -0.15) is 0 Å². The minimum Gasteiger partial charge on any atom is -0.354 e. The van der Waals surface area contributed by atoms with Crippen molar-refractivity contribution in [1.29, 1.82) is 0 Å². The molecule has 0 bridgehead atoms. The Morgan fingerprint density at radius 3 is 2.48 bits per heavy atom. The van der Waals surface area contributed by atoms with Gasteiger partial charge < -0.3 is 10.3 Å². The van der Waals surface area contributed by atoms with Crippen molar-refractivity contribution in [2.45, 2.75) is 33.9 Å². The van der Waals surface area contributed by atoms with Crippen LogP contribution in [0.2, 0.25) is 0 Å². The fourth-order valence-corrected chi connectivity index (χ4v) is 4.37. The number of H-pyrrole nitrogens is 1. The van der Waals surface area contributed by atoms with Crippen LogP contribution in [0.15, 0.2) is 48.5 Å². The quantitative estimate of drug-likeness (QED) is 0.505. The van der Waals surface area contributed by atoms with Crippen molar-refractivity contribution in [3.63, 3.8) is 0 Å². The Balaban J connectivity index is 1.66. The molecule has 2 aromatic carbocycles. The molecule has 0 saturated heterocycles. The highest BCUT2D eigenvalue weighted by molar-refractivity contribution is 5.93. The number of hydrogen-bond acceptors (Lipinski definition) is 2. The van der Waals surface area contributed by atoms with Crippen LogP contribution in [0.25, 0.3) is 33.3 Å². The molecule has 0 unspecified atom stereocenters. The van der Waals surface area contributed by atoms with Gasteiger partial charge in [-0.3, -0.25) is 4.98 Å². The minimum absolute atomic E-state index is 0.952. The van der Waals surface area contributed by atoms with Crippen LogP contribution in [-0.4, -0.2) is 9.97 Å². The van der Waals surface area contributed by atoms with Crippen molar-refractivity contribution in [1.82, 2.24) is 15.3 Å². The van der Waals surface area contributed by atoms with Crippen molar-refractivity contribution in [2.75, 3.05) is 0 Å². The third-order valence-corrected chi connectivity index (χ3v) is 5.63. The van der Waals surface area contributed by atoms with Gasteiger partial charge in [0.05, 0.1) is 0 Å². The van der Waals surface area contributed by atoms with Gasteiger partial charge in [-0.15, -0.1) is 0 Å². The first-order valence-electron chi connectivity index (χ1n) is 9.50. The first kappa shape index (κ1) is 16.3. The molecule has 5 rings (SSSR count). The summed E-state index contributed by atoms with van der Waals surface area (Å²) in [4.78, 5) is 8.18. The molecule has 0 saturated carbocycles. The van der Waals surface area contributed by atoms with Crippen molar-refractivity contribution in [2.24, 2.45) is 0 Å². The van der Waals surface area contributed by atoms with Crippen LogP contribution >= 0.6 is 0 Å². The van der Waals surface area contributed by atoms with E-state index >= 15 is 0 Å². The second-order valence-electron chi connectivity index (χ2n) is 7.57. The highest BCUT2D eigenvalue weighted by Crippen LogP contribution is 2.35. The molecule has 1 aliphatic heterocycles. The Morgan fingerprint density at radius 1 is 0.852 bits per heavy atom. The van der Waals surface area contributed by atoms with Gasteiger partial charge in [0.15, 0.2) is 0 Å². The molecular formula is C24H23N3. The van der Waals surface area contributed by atoms with E-state index in [-0.39, 0.29) is 0 Å². The normalized spacial score (nSPS) is 13.3. The third-order valence-electron chi connectivity index (χ3n) is 5.63. The molecule has 0 spiro atoms. The number of aromatic amines is 1. The highest BCUT2D eigenvalue weighted by atomic mass is 14.9. The number of aryl methyl sites for hydroxylation is 3. The molecule has 3 nitrogen and oxygen atoms in total. The maximum absolute atomic E-state index is 4.51. The number of rotatable bonds is 2. The molecule has 0 fully saturated rings. The van der Waals surface area contributed by atoms with E-state index in [1.54, 1.807) is 0 Å². The lowest BCUT2D eigenvalue weighted by Gasteiger charge is -2.08. The predicted molar refractivity (Wildman–Crippen MR) is 112 cm³/mol. The predicted octanol–water partition coefficient (Wildman–Crippen LogP) is 5.43. The van der Waals surface area contributed by atoms with E-state index in [1.807, 2.05) is 0 Å². The largest absolute Gasteiger partial charge is 0.354 e. The minimum atomic E-state index is 0.952. The molecular weight excluding hydrogens is 330 g/mol. The van der Waals surface area contributed by atoms with E-state index in [4.69, 9.17) is 0 Å². The van der Waals surface area contributed by atoms with Crippen molar-refractivity contribution >= 4 is 10.9 Å². The molecule has 3 heterocycles. The first-order chi connectivity index (χ1) is 13.1. The summed E-state index contributed by atoms with van der Waals surface area (Å²) in [6, 6.07) is 17.7. The zero-order valence-corrected chi connectivity index (χ0v) is 16.0. The maximum Gasteiger partial charge on any atom is 0.0495 e. The van der Waals surface area contributed by atoms with Gasteiger partial charge in [-0.25, -0.2) is 0 Å². The lowest BCUT2D eigenvalue weighted by atomic mass is 9.96. The summed E-state index contributed by atoms with van der Waals surface area (Å²) >= 11 is 0. The maximum atomic E-state index is 4.51. The zero-order valence-electron chi connectivity index (χ0n) is 16.0. The molecule has 1 aliphatic rings. The van der Waals surface area contributed by atoms with E-state index < -0.39 is 0 Å². The molecule has 0 aliphatic carbocycles. The summed E-state index contributed by atoms with van der Waals surface area (Å²) in [5.74, 6) is 0. The van der Waals surface area contributed by atoms with E-state index in [9.17, 15) is 0 Å². The Labute approximate surface area is 159 Å². The summed E-state index contributed by atoms with van der Waals surface area (Å²) in [6.45, 7) is 8.22. The lowest BCUT2D eigenvalue weighted by molar-refractivity contribution is 0.765. The van der Waals surface area contributed by atoms with Crippen LogP contribution in [0, 0.1) is 20.8 Å². The van der Waals surface area contributed by atoms with E-state index in [1.165, 1.54) is 50.0 Å². The monoisotopic (exact) mass is 353 g/mol. The van der Waals surface area contributed by atoms with Crippen LogP contribution in [0.4, 0.5) is 0 Å². The number of benzene rings is 2. The van der Waals surface area contributed by atoms with Crippen molar-refractivity contribution in [3.05, 3.63) is 76.6 Å². The molecule has 27 heavy (non-hydrogen) atoms. The van der Waals surface area contributed by atoms with E-state index in [0.29, 0.717) is 0 Å². The Bertz CT molecular complexity index is 1160. The Morgan fingerprint density at radius 2 is 1.67 bits per heavy atom. The van der Waals surface area contributed by atoms with Gasteiger partial charge in [0.1, 0.15) is 0 Å². The van der Waals surface area contributed by atoms with Gasteiger partial charge in [0.25, 0.3) is 0 Å². The number of hydrogen-bond donors (Lipinski definition) is 2. The molecule has 134 valence electrons. The average Bonchev–Trinajstić information content (AvgIpc) is 3.25.